The minimum Gasteiger partial charge on any atom is -0.477 e. The molecule has 1 saturated heterocycles. The number of aromatic carboxylic acids is 1. The standard InChI is InChI=1S/C28H24Cl2F3N5O4/c29-17-2-1-16(20(30)10-17)14-42-26-19(28(31,32)33)9-15-5-7-37(12-23(15)36-26)13-24-34-21-3-4-22(27(39)40)35-25(21)38(24)11-18-6-8-41-18/h1-4,9-10,18H,5-8,11-14H2,(H,39,40)/t18-/m0/s1. The van der Waals surface area contributed by atoms with Crippen LogP contribution >= 0.6 is 23.2 Å². The molecule has 1 N–H and O–H groups in total. The fourth-order valence-corrected chi connectivity index (χ4v) is 5.51. The molecule has 14 heteroatoms. The SMILES string of the molecule is O=C(O)c1ccc2nc(CN3CCc4cc(C(F)(F)F)c(OCc5ccc(Cl)cc5Cl)nc4C3)n(C[C@@H]3CCO3)c2n1. The lowest BCUT2D eigenvalue weighted by molar-refractivity contribution is -0.139. The summed E-state index contributed by atoms with van der Waals surface area (Å²) >= 11 is 12.1. The molecule has 6 rings (SSSR count). The van der Waals surface area contributed by atoms with Crippen molar-refractivity contribution < 1.29 is 32.5 Å². The Labute approximate surface area is 247 Å². The molecule has 0 aliphatic carbocycles. The number of alkyl halides is 3. The van der Waals surface area contributed by atoms with E-state index in [-0.39, 0.29) is 30.0 Å². The molecule has 4 aromatic rings. The van der Waals surface area contributed by atoms with Crippen molar-refractivity contribution in [2.45, 2.75) is 51.4 Å². The number of fused-ring (bicyclic) bond motifs is 2. The van der Waals surface area contributed by atoms with Crippen LogP contribution in [0.4, 0.5) is 13.2 Å². The lowest BCUT2D eigenvalue weighted by Crippen LogP contribution is -2.34. The maximum absolute atomic E-state index is 14.0. The van der Waals surface area contributed by atoms with Crippen LogP contribution in [0.15, 0.2) is 36.4 Å². The Balaban J connectivity index is 1.27. The van der Waals surface area contributed by atoms with Gasteiger partial charge in [-0.15, -0.1) is 0 Å². The molecule has 5 heterocycles. The number of carbonyl (C=O) groups is 1. The first-order valence-electron chi connectivity index (χ1n) is 13.2. The quantitative estimate of drug-likeness (QED) is 0.264. The van der Waals surface area contributed by atoms with Crippen LogP contribution in [0.3, 0.4) is 0 Å². The molecule has 2 aliphatic rings. The van der Waals surface area contributed by atoms with E-state index in [0.29, 0.717) is 71.5 Å². The van der Waals surface area contributed by atoms with Crippen molar-refractivity contribution in [2.75, 3.05) is 13.2 Å². The topological polar surface area (TPSA) is 103 Å². The lowest BCUT2D eigenvalue weighted by atomic mass is 10.0. The van der Waals surface area contributed by atoms with Gasteiger partial charge in [0, 0.05) is 35.3 Å². The van der Waals surface area contributed by atoms with E-state index in [9.17, 15) is 23.1 Å². The van der Waals surface area contributed by atoms with E-state index < -0.39 is 23.6 Å². The second-order valence-electron chi connectivity index (χ2n) is 10.2. The van der Waals surface area contributed by atoms with E-state index in [2.05, 4.69) is 9.97 Å². The van der Waals surface area contributed by atoms with Crippen LogP contribution in [-0.2, 0) is 43.6 Å². The Kier molecular flexibility index (Phi) is 7.73. The summed E-state index contributed by atoms with van der Waals surface area (Å²) in [6, 6.07) is 8.80. The average Bonchev–Trinajstić information content (AvgIpc) is 3.24. The van der Waals surface area contributed by atoms with Crippen LogP contribution < -0.4 is 4.74 Å². The molecule has 1 atom stereocenters. The number of carboxylic acids is 1. The summed E-state index contributed by atoms with van der Waals surface area (Å²) < 4.78 is 54.9. The van der Waals surface area contributed by atoms with Crippen molar-refractivity contribution in [3.8, 4) is 5.88 Å². The van der Waals surface area contributed by atoms with Crippen molar-refractivity contribution in [3.05, 3.63) is 80.3 Å². The van der Waals surface area contributed by atoms with E-state index in [4.69, 9.17) is 37.7 Å². The minimum absolute atomic E-state index is 0.0326. The van der Waals surface area contributed by atoms with Gasteiger partial charge in [-0.3, -0.25) is 4.90 Å². The number of carboxylic acid groups (broad SMARTS) is 1. The van der Waals surface area contributed by atoms with Crippen molar-refractivity contribution in [1.82, 2.24) is 24.4 Å². The molecule has 9 nitrogen and oxygen atoms in total. The molecule has 0 saturated carbocycles. The molecule has 0 radical (unpaired) electrons. The first kappa shape index (κ1) is 28.7. The molecular formula is C28H24Cl2F3N5O4. The minimum atomic E-state index is -4.66. The fourth-order valence-electron chi connectivity index (χ4n) is 5.04. The predicted octanol–water partition coefficient (Wildman–Crippen LogP) is 5.78. The van der Waals surface area contributed by atoms with Gasteiger partial charge in [0.15, 0.2) is 11.3 Å². The molecule has 3 aromatic heterocycles. The monoisotopic (exact) mass is 621 g/mol. The van der Waals surface area contributed by atoms with Crippen molar-refractivity contribution in [1.29, 1.82) is 0 Å². The summed E-state index contributed by atoms with van der Waals surface area (Å²) in [7, 11) is 0. The molecule has 0 unspecified atom stereocenters. The van der Waals surface area contributed by atoms with Crippen molar-refractivity contribution >= 4 is 40.3 Å². The maximum atomic E-state index is 14.0. The highest BCUT2D eigenvalue weighted by Gasteiger charge is 2.37. The van der Waals surface area contributed by atoms with Gasteiger partial charge in [0.05, 0.1) is 24.9 Å². The van der Waals surface area contributed by atoms with Gasteiger partial charge in [0.2, 0.25) is 5.88 Å². The lowest BCUT2D eigenvalue weighted by Gasteiger charge is -2.30. The van der Waals surface area contributed by atoms with Gasteiger partial charge >= 0.3 is 12.1 Å². The molecule has 220 valence electrons. The predicted molar refractivity (Wildman–Crippen MR) is 147 cm³/mol. The molecule has 0 bridgehead atoms. The van der Waals surface area contributed by atoms with E-state index in [1.54, 1.807) is 18.2 Å². The highest BCUT2D eigenvalue weighted by molar-refractivity contribution is 6.35. The third-order valence-corrected chi connectivity index (χ3v) is 7.93. The third-order valence-electron chi connectivity index (χ3n) is 7.35. The fraction of sp³-hybridized carbons (Fsp3) is 0.357. The van der Waals surface area contributed by atoms with Gasteiger partial charge in [-0.25, -0.2) is 19.7 Å². The van der Waals surface area contributed by atoms with Crippen LogP contribution in [0.1, 0.15) is 45.1 Å². The summed E-state index contributed by atoms with van der Waals surface area (Å²) in [4.78, 5) is 26.9. The van der Waals surface area contributed by atoms with E-state index in [1.165, 1.54) is 12.1 Å². The third kappa shape index (κ3) is 5.89. The molecule has 42 heavy (non-hydrogen) atoms. The molecule has 0 spiro atoms. The Hall–Kier alpha value is -3.45. The molecule has 2 aliphatic heterocycles. The number of ether oxygens (including phenoxy) is 2. The first-order valence-corrected chi connectivity index (χ1v) is 13.9. The number of imidazole rings is 1. The number of nitrogens with zero attached hydrogens (tertiary/aromatic N) is 5. The summed E-state index contributed by atoms with van der Waals surface area (Å²) in [6.45, 7) is 2.00. The largest absolute Gasteiger partial charge is 0.477 e. The first-order chi connectivity index (χ1) is 20.0. The average molecular weight is 622 g/mol. The van der Waals surface area contributed by atoms with Gasteiger partial charge < -0.3 is 19.1 Å². The van der Waals surface area contributed by atoms with Gasteiger partial charge in [-0.1, -0.05) is 29.3 Å². The number of hydrogen-bond acceptors (Lipinski definition) is 7. The highest BCUT2D eigenvalue weighted by atomic mass is 35.5. The molecular weight excluding hydrogens is 598 g/mol. The molecule has 1 fully saturated rings. The van der Waals surface area contributed by atoms with Crippen LogP contribution in [0.2, 0.25) is 10.0 Å². The number of aromatic nitrogens is 4. The Morgan fingerprint density at radius 2 is 1.95 bits per heavy atom. The Bertz CT molecular complexity index is 1680. The van der Waals surface area contributed by atoms with E-state index in [0.717, 1.165) is 12.5 Å². The summed E-state index contributed by atoms with van der Waals surface area (Å²) in [5, 5.41) is 10.1. The summed E-state index contributed by atoms with van der Waals surface area (Å²) in [5.74, 6) is -1.01. The highest BCUT2D eigenvalue weighted by Crippen LogP contribution is 2.38. The van der Waals surface area contributed by atoms with Crippen LogP contribution in [0, 0.1) is 0 Å². The van der Waals surface area contributed by atoms with Crippen LogP contribution in [0.25, 0.3) is 11.2 Å². The van der Waals surface area contributed by atoms with Gasteiger partial charge in [0.1, 0.15) is 23.5 Å². The normalized spacial score (nSPS) is 17.2. The second-order valence-corrected chi connectivity index (χ2v) is 11.0. The number of halogens is 5. The van der Waals surface area contributed by atoms with Gasteiger partial charge in [0.25, 0.3) is 0 Å². The maximum Gasteiger partial charge on any atom is 0.421 e. The van der Waals surface area contributed by atoms with E-state index in [1.807, 2.05) is 9.47 Å². The number of benzene rings is 1. The number of rotatable bonds is 8. The van der Waals surface area contributed by atoms with Crippen LogP contribution in [0.5, 0.6) is 5.88 Å². The Morgan fingerprint density at radius 1 is 1.14 bits per heavy atom. The van der Waals surface area contributed by atoms with Crippen LogP contribution in [-0.4, -0.2) is 54.8 Å². The molecule has 1 aromatic carbocycles. The van der Waals surface area contributed by atoms with Crippen molar-refractivity contribution in [2.24, 2.45) is 0 Å². The van der Waals surface area contributed by atoms with Gasteiger partial charge in [-0.05, 0) is 48.7 Å². The van der Waals surface area contributed by atoms with E-state index >= 15 is 0 Å². The number of pyridine rings is 2. The molecule has 0 amide bonds. The second kappa shape index (κ2) is 11.3. The zero-order valence-electron chi connectivity index (χ0n) is 22.0. The number of hydrogen-bond donors (Lipinski definition) is 1. The summed E-state index contributed by atoms with van der Waals surface area (Å²) in [6.07, 6.45) is -3.48. The zero-order valence-corrected chi connectivity index (χ0v) is 23.5. The smallest absolute Gasteiger partial charge is 0.421 e. The van der Waals surface area contributed by atoms with Crippen molar-refractivity contribution in [3.63, 3.8) is 0 Å². The van der Waals surface area contributed by atoms with Gasteiger partial charge in [-0.2, -0.15) is 13.2 Å². The Morgan fingerprint density at radius 3 is 2.64 bits per heavy atom. The zero-order chi connectivity index (χ0) is 29.6. The summed E-state index contributed by atoms with van der Waals surface area (Å²) in [5.41, 5.74) is 1.42.